The van der Waals surface area contributed by atoms with Gasteiger partial charge in [0.05, 0.1) is 11.0 Å². The van der Waals surface area contributed by atoms with Crippen LogP contribution in [0.15, 0.2) is 24.3 Å². The van der Waals surface area contributed by atoms with Crippen molar-refractivity contribution in [3.8, 4) is 0 Å². The number of amides is 1. The van der Waals surface area contributed by atoms with Crippen molar-refractivity contribution in [2.75, 3.05) is 13.2 Å². The van der Waals surface area contributed by atoms with Gasteiger partial charge in [0.2, 0.25) is 5.91 Å². The number of carbonyl (C=O) groups excluding carboxylic acids is 1. The monoisotopic (exact) mass is 343 g/mol. The molecule has 1 aromatic carbocycles. The van der Waals surface area contributed by atoms with Gasteiger partial charge in [0.25, 0.3) is 0 Å². The van der Waals surface area contributed by atoms with Crippen LogP contribution in [0.3, 0.4) is 0 Å². The Balaban J connectivity index is 1.97. The van der Waals surface area contributed by atoms with Crippen LogP contribution in [-0.2, 0) is 16.4 Å². The highest BCUT2D eigenvalue weighted by Gasteiger charge is 2.51. The summed E-state index contributed by atoms with van der Waals surface area (Å²) < 4.78 is 38.6. The van der Waals surface area contributed by atoms with Crippen molar-refractivity contribution in [2.24, 2.45) is 5.41 Å². The largest absolute Gasteiger partial charge is 0.416 e. The van der Waals surface area contributed by atoms with Crippen LogP contribution in [0.25, 0.3) is 0 Å². The predicted molar refractivity (Wildman–Crippen MR) is 85.5 cm³/mol. The van der Waals surface area contributed by atoms with Crippen molar-refractivity contribution in [3.63, 3.8) is 0 Å². The molecular weight excluding hydrogens is 319 g/mol. The molecule has 0 heterocycles. The molecule has 0 aliphatic heterocycles. The number of nitrogens with one attached hydrogen (secondary N) is 1. The first-order chi connectivity index (χ1) is 11.1. The molecule has 0 aromatic heterocycles. The minimum Gasteiger partial charge on any atom is -0.396 e. The van der Waals surface area contributed by atoms with Crippen molar-refractivity contribution in [1.82, 2.24) is 5.32 Å². The van der Waals surface area contributed by atoms with Crippen LogP contribution in [0.5, 0.6) is 0 Å². The van der Waals surface area contributed by atoms with E-state index in [1.165, 1.54) is 6.07 Å². The van der Waals surface area contributed by atoms with E-state index in [1.54, 1.807) is 6.07 Å². The Labute approximate surface area is 140 Å². The maximum absolute atomic E-state index is 12.9. The third-order valence-electron chi connectivity index (χ3n) is 4.67. The van der Waals surface area contributed by atoms with E-state index in [1.807, 2.05) is 13.8 Å². The molecule has 24 heavy (non-hydrogen) atoms. The number of rotatable bonds is 7. The van der Waals surface area contributed by atoms with Gasteiger partial charge < -0.3 is 10.4 Å². The summed E-state index contributed by atoms with van der Waals surface area (Å²) in [5.41, 5.74) is -1.29. The maximum Gasteiger partial charge on any atom is 0.416 e. The third-order valence-corrected chi connectivity index (χ3v) is 4.67. The zero-order valence-corrected chi connectivity index (χ0v) is 14.0. The number of aliphatic hydroxyl groups excluding tert-OH is 1. The molecule has 1 aliphatic rings. The van der Waals surface area contributed by atoms with Gasteiger partial charge in [-0.15, -0.1) is 0 Å². The molecule has 1 aliphatic carbocycles. The molecule has 0 unspecified atom stereocenters. The van der Waals surface area contributed by atoms with E-state index >= 15 is 0 Å². The molecule has 1 fully saturated rings. The van der Waals surface area contributed by atoms with E-state index in [4.69, 9.17) is 0 Å². The van der Waals surface area contributed by atoms with Crippen molar-refractivity contribution < 1.29 is 23.1 Å². The standard InChI is InChI=1S/C18H24F3NO2/c1-16(2,12-23)7-4-10-22-15(24)17(8-9-17)13-5-3-6-14(11-13)18(19,20)21/h3,5-6,11,23H,4,7-10,12H2,1-2H3,(H,22,24). The molecule has 0 saturated heterocycles. The van der Waals surface area contributed by atoms with E-state index < -0.39 is 17.2 Å². The van der Waals surface area contributed by atoms with Gasteiger partial charge in [0.15, 0.2) is 0 Å². The van der Waals surface area contributed by atoms with E-state index in [0.717, 1.165) is 25.0 Å². The van der Waals surface area contributed by atoms with Crippen LogP contribution in [0.1, 0.15) is 50.7 Å². The summed E-state index contributed by atoms with van der Waals surface area (Å²) in [5, 5.41) is 12.0. The first-order valence-electron chi connectivity index (χ1n) is 8.18. The average Bonchev–Trinajstić information content (AvgIpc) is 3.32. The van der Waals surface area contributed by atoms with Gasteiger partial charge in [-0.1, -0.05) is 32.0 Å². The van der Waals surface area contributed by atoms with Gasteiger partial charge in [-0.2, -0.15) is 13.2 Å². The quantitative estimate of drug-likeness (QED) is 0.743. The van der Waals surface area contributed by atoms with E-state index in [-0.39, 0.29) is 17.9 Å². The summed E-state index contributed by atoms with van der Waals surface area (Å²) in [4.78, 5) is 12.4. The topological polar surface area (TPSA) is 49.3 Å². The number of alkyl halides is 3. The summed E-state index contributed by atoms with van der Waals surface area (Å²) >= 11 is 0. The van der Waals surface area contributed by atoms with Crippen molar-refractivity contribution in [2.45, 2.75) is 51.1 Å². The molecule has 1 saturated carbocycles. The summed E-state index contributed by atoms with van der Waals surface area (Å²) in [6, 6.07) is 5.06. The predicted octanol–water partition coefficient (Wildman–Crippen LogP) is 3.65. The summed E-state index contributed by atoms with van der Waals surface area (Å²) in [5.74, 6) is -0.205. The molecule has 0 spiro atoms. The first kappa shape index (κ1) is 18.8. The average molecular weight is 343 g/mol. The SMILES string of the molecule is CC(C)(CO)CCCNC(=O)C1(c2cccc(C(F)(F)F)c2)CC1. The summed E-state index contributed by atoms with van der Waals surface area (Å²) in [7, 11) is 0. The second kappa shape index (κ2) is 6.75. The zero-order chi connectivity index (χ0) is 18.0. The maximum atomic E-state index is 12.9. The molecular formula is C18H24F3NO2. The summed E-state index contributed by atoms with van der Waals surface area (Å²) in [6.45, 7) is 4.43. The fourth-order valence-corrected chi connectivity index (χ4v) is 2.78. The molecule has 0 atom stereocenters. The van der Waals surface area contributed by atoms with Crippen molar-refractivity contribution >= 4 is 5.91 Å². The third kappa shape index (κ3) is 4.29. The second-order valence-electron chi connectivity index (χ2n) is 7.34. The van der Waals surface area contributed by atoms with Crippen LogP contribution in [-0.4, -0.2) is 24.2 Å². The highest BCUT2D eigenvalue weighted by molar-refractivity contribution is 5.91. The lowest BCUT2D eigenvalue weighted by Gasteiger charge is -2.22. The fraction of sp³-hybridized carbons (Fsp3) is 0.611. The number of carbonyl (C=O) groups is 1. The Bertz CT molecular complexity index is 592. The van der Waals surface area contributed by atoms with Crippen molar-refractivity contribution in [3.05, 3.63) is 35.4 Å². The molecule has 6 heteroatoms. The van der Waals surface area contributed by atoms with Gasteiger partial charge in [-0.05, 0) is 42.7 Å². The van der Waals surface area contributed by atoms with Gasteiger partial charge in [-0.25, -0.2) is 0 Å². The Morgan fingerprint density at radius 3 is 2.50 bits per heavy atom. The second-order valence-corrected chi connectivity index (χ2v) is 7.34. The Morgan fingerprint density at radius 1 is 1.29 bits per heavy atom. The van der Waals surface area contributed by atoms with Crippen LogP contribution >= 0.6 is 0 Å². The smallest absolute Gasteiger partial charge is 0.396 e. The molecule has 3 nitrogen and oxygen atoms in total. The molecule has 2 rings (SSSR count). The van der Waals surface area contributed by atoms with Gasteiger partial charge in [0.1, 0.15) is 0 Å². The highest BCUT2D eigenvalue weighted by atomic mass is 19.4. The fourth-order valence-electron chi connectivity index (χ4n) is 2.78. The number of hydrogen-bond donors (Lipinski definition) is 2. The molecule has 1 amide bonds. The van der Waals surface area contributed by atoms with E-state index in [0.29, 0.717) is 24.9 Å². The lowest BCUT2D eigenvalue weighted by Crippen LogP contribution is -2.36. The van der Waals surface area contributed by atoms with Crippen molar-refractivity contribution in [1.29, 1.82) is 0 Å². The Kier molecular flexibility index (Phi) is 5.28. The van der Waals surface area contributed by atoms with Crippen LogP contribution in [0.4, 0.5) is 13.2 Å². The van der Waals surface area contributed by atoms with E-state index in [2.05, 4.69) is 5.32 Å². The van der Waals surface area contributed by atoms with Crippen LogP contribution in [0.2, 0.25) is 0 Å². The molecule has 1 aromatic rings. The number of benzene rings is 1. The molecule has 0 radical (unpaired) electrons. The molecule has 134 valence electrons. The van der Waals surface area contributed by atoms with Gasteiger partial charge in [0, 0.05) is 13.2 Å². The Morgan fingerprint density at radius 2 is 1.96 bits per heavy atom. The number of halogens is 3. The molecule has 0 bridgehead atoms. The first-order valence-corrected chi connectivity index (χ1v) is 8.18. The lowest BCUT2D eigenvalue weighted by molar-refractivity contribution is -0.137. The zero-order valence-electron chi connectivity index (χ0n) is 14.0. The van der Waals surface area contributed by atoms with Gasteiger partial charge in [-0.3, -0.25) is 4.79 Å². The van der Waals surface area contributed by atoms with Crippen LogP contribution < -0.4 is 5.32 Å². The number of aliphatic hydroxyl groups is 1. The highest BCUT2D eigenvalue weighted by Crippen LogP contribution is 2.49. The van der Waals surface area contributed by atoms with E-state index in [9.17, 15) is 23.1 Å². The number of hydrogen-bond acceptors (Lipinski definition) is 2. The lowest BCUT2D eigenvalue weighted by atomic mass is 9.89. The molecule has 2 N–H and O–H groups in total. The normalized spacial score (nSPS) is 16.8. The summed E-state index contributed by atoms with van der Waals surface area (Å²) in [6.07, 6.45) is -1.78. The van der Waals surface area contributed by atoms with Gasteiger partial charge >= 0.3 is 6.18 Å². The Hall–Kier alpha value is -1.56. The minimum absolute atomic E-state index is 0.0785. The van der Waals surface area contributed by atoms with Crippen LogP contribution in [0, 0.1) is 5.41 Å². The minimum atomic E-state index is -4.40.